The van der Waals surface area contributed by atoms with Crippen molar-refractivity contribution in [1.29, 1.82) is 0 Å². The second-order valence-corrected chi connectivity index (χ2v) is 6.67. The van der Waals surface area contributed by atoms with Crippen molar-refractivity contribution in [2.75, 3.05) is 14.2 Å². The van der Waals surface area contributed by atoms with Gasteiger partial charge in [0.2, 0.25) is 0 Å². The van der Waals surface area contributed by atoms with Crippen molar-refractivity contribution in [2.24, 2.45) is 5.41 Å². The topological polar surface area (TPSA) is 61.8 Å². The Labute approximate surface area is 96.9 Å². The fraction of sp³-hybridized carbons (Fsp3) is 0.800. The Morgan fingerprint density at radius 3 is 2.44 bits per heavy atom. The van der Waals surface area contributed by atoms with Gasteiger partial charge < -0.3 is 13.6 Å². The number of cyclic esters (lactones) is 2. The molecule has 0 bridgehead atoms. The molecule has 92 valence electrons. The van der Waals surface area contributed by atoms with Crippen LogP contribution in [0.15, 0.2) is 0 Å². The zero-order valence-electron chi connectivity index (χ0n) is 9.95. The summed E-state index contributed by atoms with van der Waals surface area (Å²) in [5, 5.41) is 0. The van der Waals surface area contributed by atoms with Crippen LogP contribution in [0.2, 0.25) is 6.04 Å². The van der Waals surface area contributed by atoms with Crippen molar-refractivity contribution in [2.45, 2.75) is 32.2 Å². The molecule has 0 N–H and O–H groups in total. The molecule has 0 radical (unpaired) electrons. The molecule has 1 rings (SSSR count). The fourth-order valence-corrected chi connectivity index (χ4v) is 3.04. The smallest absolute Gasteiger partial charge is 0.320 e. The number of ether oxygens (including phenoxy) is 1. The van der Waals surface area contributed by atoms with E-state index in [1.165, 1.54) is 0 Å². The quantitative estimate of drug-likeness (QED) is 0.393. The van der Waals surface area contributed by atoms with E-state index in [0.29, 0.717) is 6.42 Å². The number of carbonyl (C=O) groups is 2. The van der Waals surface area contributed by atoms with E-state index in [1.807, 2.05) is 0 Å². The first-order chi connectivity index (χ1) is 7.51. The van der Waals surface area contributed by atoms with Crippen LogP contribution in [0.4, 0.5) is 0 Å². The van der Waals surface area contributed by atoms with Crippen LogP contribution < -0.4 is 0 Å². The van der Waals surface area contributed by atoms with Gasteiger partial charge in [0, 0.05) is 14.2 Å². The molecular weight excluding hydrogens is 228 g/mol. The third kappa shape index (κ3) is 3.13. The molecule has 0 aliphatic carbocycles. The van der Waals surface area contributed by atoms with Gasteiger partial charge in [0.05, 0.1) is 11.8 Å². The third-order valence-electron chi connectivity index (χ3n) is 2.93. The molecule has 1 aliphatic heterocycles. The first-order valence-corrected chi connectivity index (χ1v) is 7.08. The van der Waals surface area contributed by atoms with Crippen LogP contribution in [-0.2, 0) is 23.2 Å². The van der Waals surface area contributed by atoms with E-state index in [2.05, 4.69) is 4.74 Å². The highest BCUT2D eigenvalue weighted by molar-refractivity contribution is 6.44. The van der Waals surface area contributed by atoms with Crippen LogP contribution in [0.3, 0.4) is 0 Å². The van der Waals surface area contributed by atoms with Gasteiger partial charge in [-0.1, -0.05) is 6.42 Å². The van der Waals surface area contributed by atoms with Crippen molar-refractivity contribution in [3.63, 3.8) is 0 Å². The van der Waals surface area contributed by atoms with Crippen molar-refractivity contribution < 1.29 is 23.2 Å². The molecule has 1 saturated heterocycles. The van der Waals surface area contributed by atoms with Gasteiger partial charge in [-0.05, 0) is 19.4 Å². The average molecular weight is 246 g/mol. The molecule has 0 aromatic carbocycles. The number of esters is 2. The zero-order chi connectivity index (χ0) is 12.2. The first-order valence-electron chi connectivity index (χ1n) is 5.32. The molecule has 0 aromatic rings. The summed E-state index contributed by atoms with van der Waals surface area (Å²) in [7, 11) is 1.71. The van der Waals surface area contributed by atoms with E-state index in [4.69, 9.17) is 8.85 Å². The van der Waals surface area contributed by atoms with E-state index >= 15 is 0 Å². The first kappa shape index (κ1) is 13.3. The number of hydrogen-bond donors (Lipinski definition) is 0. The van der Waals surface area contributed by atoms with Crippen LogP contribution in [0.1, 0.15) is 26.2 Å². The van der Waals surface area contributed by atoms with Crippen LogP contribution in [0.5, 0.6) is 0 Å². The summed E-state index contributed by atoms with van der Waals surface area (Å²) in [4.78, 5) is 22.4. The minimum absolute atomic E-state index is 0.192. The van der Waals surface area contributed by atoms with E-state index < -0.39 is 26.6 Å². The lowest BCUT2D eigenvalue weighted by Crippen LogP contribution is -2.24. The summed E-state index contributed by atoms with van der Waals surface area (Å²) < 4.78 is 14.9. The van der Waals surface area contributed by atoms with Gasteiger partial charge in [0.25, 0.3) is 0 Å². The fourth-order valence-electron chi connectivity index (χ4n) is 1.83. The van der Waals surface area contributed by atoms with Gasteiger partial charge >= 0.3 is 21.2 Å². The monoisotopic (exact) mass is 246 g/mol. The summed E-state index contributed by atoms with van der Waals surface area (Å²) in [5.41, 5.74) is -0.641. The summed E-state index contributed by atoms with van der Waals surface area (Å²) in [6.45, 7) is 1.77. The Morgan fingerprint density at radius 2 is 2.00 bits per heavy atom. The summed E-state index contributed by atoms with van der Waals surface area (Å²) in [6, 6.07) is 0.837. The van der Waals surface area contributed by atoms with E-state index in [9.17, 15) is 9.59 Å². The lowest BCUT2D eigenvalue weighted by atomic mass is 9.84. The SMILES string of the molecule is CO[SiH](CCCC1(C)CC(=O)OC1=O)OC. The van der Waals surface area contributed by atoms with Gasteiger partial charge in [0.15, 0.2) is 0 Å². The highest BCUT2D eigenvalue weighted by atomic mass is 28.3. The molecule has 0 amide bonds. The molecule has 0 aromatic heterocycles. The molecule has 1 unspecified atom stereocenters. The van der Waals surface area contributed by atoms with E-state index in [-0.39, 0.29) is 6.42 Å². The lowest BCUT2D eigenvalue weighted by Gasteiger charge is -2.18. The zero-order valence-corrected chi connectivity index (χ0v) is 11.1. The molecule has 1 heterocycles. The minimum Gasteiger partial charge on any atom is -0.400 e. The van der Waals surface area contributed by atoms with E-state index in [0.717, 1.165) is 12.5 Å². The van der Waals surface area contributed by atoms with Crippen LogP contribution >= 0.6 is 0 Å². The Kier molecular flexibility index (Phi) is 4.64. The molecule has 16 heavy (non-hydrogen) atoms. The molecule has 0 saturated carbocycles. The Hall–Kier alpha value is -0.723. The number of rotatable bonds is 6. The van der Waals surface area contributed by atoms with Crippen molar-refractivity contribution in [3.05, 3.63) is 0 Å². The second kappa shape index (κ2) is 5.56. The van der Waals surface area contributed by atoms with Gasteiger partial charge in [-0.15, -0.1) is 0 Å². The average Bonchev–Trinajstić information content (AvgIpc) is 2.48. The summed E-state index contributed by atoms with van der Waals surface area (Å²) in [6.07, 6.45) is 1.66. The molecule has 5 nitrogen and oxygen atoms in total. The number of carbonyl (C=O) groups excluding carboxylic acids is 2. The summed E-state index contributed by atoms with van der Waals surface area (Å²) >= 11 is 0. The van der Waals surface area contributed by atoms with E-state index in [1.54, 1.807) is 21.1 Å². The van der Waals surface area contributed by atoms with Crippen LogP contribution in [0.25, 0.3) is 0 Å². The Morgan fingerprint density at radius 1 is 1.38 bits per heavy atom. The number of hydrogen-bond acceptors (Lipinski definition) is 5. The maximum absolute atomic E-state index is 11.4. The second-order valence-electron chi connectivity index (χ2n) is 4.29. The lowest BCUT2D eigenvalue weighted by molar-refractivity contribution is -0.155. The maximum atomic E-state index is 11.4. The van der Waals surface area contributed by atoms with Gasteiger partial charge in [-0.3, -0.25) is 9.59 Å². The Bertz CT molecular complexity index is 276. The molecule has 1 fully saturated rings. The van der Waals surface area contributed by atoms with Gasteiger partial charge in [-0.2, -0.15) is 0 Å². The predicted octanol–water partition coefficient (Wildman–Crippen LogP) is 0.760. The largest absolute Gasteiger partial charge is 0.400 e. The van der Waals surface area contributed by atoms with Crippen molar-refractivity contribution in [1.82, 2.24) is 0 Å². The highest BCUT2D eigenvalue weighted by Gasteiger charge is 2.44. The van der Waals surface area contributed by atoms with Gasteiger partial charge in [0.1, 0.15) is 0 Å². The summed E-state index contributed by atoms with van der Waals surface area (Å²) in [5.74, 6) is -0.815. The van der Waals surface area contributed by atoms with Crippen molar-refractivity contribution in [3.8, 4) is 0 Å². The van der Waals surface area contributed by atoms with Crippen LogP contribution in [0, 0.1) is 5.41 Å². The Balaban J connectivity index is 2.37. The van der Waals surface area contributed by atoms with Gasteiger partial charge in [-0.25, -0.2) is 0 Å². The predicted molar refractivity (Wildman–Crippen MR) is 59.0 cm³/mol. The highest BCUT2D eigenvalue weighted by Crippen LogP contribution is 2.35. The standard InChI is InChI=1S/C10H18O5Si/c1-10(7-8(11)15-9(10)12)5-4-6-16(13-2)14-3/h16H,4-7H2,1-3H3. The maximum Gasteiger partial charge on any atom is 0.320 e. The van der Waals surface area contributed by atoms with Crippen LogP contribution in [-0.4, -0.2) is 35.4 Å². The third-order valence-corrected chi connectivity index (χ3v) is 4.86. The molecule has 1 atom stereocenters. The normalized spacial score (nSPS) is 25.2. The molecule has 6 heteroatoms. The molecular formula is C10H18O5Si. The minimum atomic E-state index is -1.56. The molecule has 1 aliphatic rings. The molecule has 0 spiro atoms. The van der Waals surface area contributed by atoms with Crippen molar-refractivity contribution >= 4 is 21.2 Å².